The number of nitrogens with zero attached hydrogens (tertiary/aromatic N) is 1. The zero-order valence-corrected chi connectivity index (χ0v) is 14.8. The number of aromatic nitrogens is 2. The highest BCUT2D eigenvalue weighted by molar-refractivity contribution is 6.30. The fourth-order valence-electron chi connectivity index (χ4n) is 3.75. The lowest BCUT2D eigenvalue weighted by atomic mass is 9.88. The third-order valence-electron chi connectivity index (χ3n) is 5.56. The molecule has 1 aliphatic carbocycles. The van der Waals surface area contributed by atoms with Crippen LogP contribution in [0.2, 0.25) is 5.02 Å². The summed E-state index contributed by atoms with van der Waals surface area (Å²) in [6, 6.07) is 7.35. The summed E-state index contributed by atoms with van der Waals surface area (Å²) < 4.78 is 1.64. The minimum Gasteiger partial charge on any atom is -0.384 e. The van der Waals surface area contributed by atoms with E-state index in [1.807, 2.05) is 24.3 Å². The summed E-state index contributed by atoms with van der Waals surface area (Å²) in [4.78, 5) is 12.8. The Morgan fingerprint density at radius 1 is 1.17 bits per heavy atom. The Balaban J connectivity index is 1.81. The van der Waals surface area contributed by atoms with Crippen molar-refractivity contribution in [3.8, 4) is 5.69 Å². The van der Waals surface area contributed by atoms with Crippen LogP contribution >= 0.6 is 11.6 Å². The Kier molecular flexibility index (Phi) is 3.80. The number of allylic oxidation sites excluding steroid dienone is 2. The van der Waals surface area contributed by atoms with Crippen LogP contribution in [0.5, 0.6) is 0 Å². The Morgan fingerprint density at radius 2 is 1.92 bits per heavy atom. The van der Waals surface area contributed by atoms with E-state index in [9.17, 15) is 4.79 Å². The highest BCUT2D eigenvalue weighted by atomic mass is 35.5. The maximum atomic E-state index is 12.8. The number of halogens is 1. The third-order valence-corrected chi connectivity index (χ3v) is 5.82. The second kappa shape index (κ2) is 5.85. The molecule has 1 aliphatic heterocycles. The Labute approximate surface area is 146 Å². The molecular weight excluding hydrogens is 322 g/mol. The van der Waals surface area contributed by atoms with Gasteiger partial charge in [-0.2, -0.15) is 0 Å². The largest absolute Gasteiger partial charge is 0.384 e. The van der Waals surface area contributed by atoms with Gasteiger partial charge in [-0.3, -0.25) is 9.89 Å². The van der Waals surface area contributed by atoms with E-state index in [-0.39, 0.29) is 5.56 Å². The molecule has 0 fully saturated rings. The lowest BCUT2D eigenvalue weighted by Gasteiger charge is -2.21. The van der Waals surface area contributed by atoms with Gasteiger partial charge in [0, 0.05) is 17.3 Å². The van der Waals surface area contributed by atoms with Gasteiger partial charge in [-0.1, -0.05) is 25.4 Å². The first-order valence-corrected chi connectivity index (χ1v) is 8.98. The third kappa shape index (κ3) is 2.49. The van der Waals surface area contributed by atoms with E-state index in [0.29, 0.717) is 23.4 Å². The molecule has 2 aromatic rings. The number of hydrogen-bond acceptors (Lipinski definition) is 2. The van der Waals surface area contributed by atoms with Crippen molar-refractivity contribution in [1.29, 1.82) is 0 Å². The normalized spacial score (nSPS) is 23.3. The number of hydrogen-bond donors (Lipinski definition) is 2. The molecule has 0 saturated heterocycles. The molecule has 0 saturated carbocycles. The lowest BCUT2D eigenvalue weighted by Crippen LogP contribution is -2.25. The average molecular weight is 344 g/mol. The second-order valence-corrected chi connectivity index (χ2v) is 7.53. The first kappa shape index (κ1) is 15.6. The second-order valence-electron chi connectivity index (χ2n) is 7.09. The first-order chi connectivity index (χ1) is 11.5. The van der Waals surface area contributed by atoms with E-state index in [0.717, 1.165) is 29.8 Å². The Hall–Kier alpha value is -1.94. The number of H-pyrrole nitrogens is 1. The molecule has 1 aromatic heterocycles. The van der Waals surface area contributed by atoms with E-state index >= 15 is 0 Å². The number of rotatable bonds is 1. The van der Waals surface area contributed by atoms with E-state index in [4.69, 9.17) is 11.6 Å². The predicted octanol–water partition coefficient (Wildman–Crippen LogP) is 4.09. The van der Waals surface area contributed by atoms with Gasteiger partial charge in [0.05, 0.1) is 16.9 Å². The van der Waals surface area contributed by atoms with Crippen molar-refractivity contribution >= 4 is 17.2 Å². The highest BCUT2D eigenvalue weighted by Gasteiger charge is 2.29. The molecule has 0 bridgehead atoms. The predicted molar refractivity (Wildman–Crippen MR) is 97.3 cm³/mol. The van der Waals surface area contributed by atoms with Crippen molar-refractivity contribution < 1.29 is 0 Å². The zero-order chi connectivity index (χ0) is 16.8. The molecule has 4 rings (SSSR count). The standard InChI is InChI=1S/C19H22ClN3O/c1-11-3-8-17-15(9-12(11)2)18-16(10-21-17)19(24)23(22-18)14-6-4-13(20)5-7-14/h4-7,11-12,21-22H,3,8-10H2,1-2H3. The molecule has 2 aliphatic rings. The molecule has 2 unspecified atom stereocenters. The molecule has 0 amide bonds. The van der Waals surface area contributed by atoms with Crippen molar-refractivity contribution in [2.24, 2.45) is 11.8 Å². The first-order valence-electron chi connectivity index (χ1n) is 8.60. The van der Waals surface area contributed by atoms with Crippen LogP contribution in [0.3, 0.4) is 0 Å². The van der Waals surface area contributed by atoms with Crippen LogP contribution in [0.25, 0.3) is 11.3 Å². The van der Waals surface area contributed by atoms with Crippen LogP contribution in [0.4, 0.5) is 0 Å². The molecule has 2 N–H and O–H groups in total. The maximum Gasteiger partial charge on any atom is 0.276 e. The molecule has 4 nitrogen and oxygen atoms in total. The number of nitrogens with one attached hydrogen (secondary N) is 2. The Morgan fingerprint density at radius 3 is 2.67 bits per heavy atom. The number of aromatic amines is 1. The SMILES string of the molecule is CC1CCC2=C(CC1C)c1[nH]n(-c3ccc(Cl)cc3)c(=O)c1CN2. The molecule has 2 heterocycles. The fourth-order valence-corrected chi connectivity index (χ4v) is 3.88. The fraction of sp³-hybridized carbons (Fsp3) is 0.421. The number of benzene rings is 1. The lowest BCUT2D eigenvalue weighted by molar-refractivity contribution is 0.379. The van der Waals surface area contributed by atoms with E-state index < -0.39 is 0 Å². The zero-order valence-electron chi connectivity index (χ0n) is 14.0. The topological polar surface area (TPSA) is 49.8 Å². The minimum absolute atomic E-state index is 0.0244. The molecule has 126 valence electrons. The summed E-state index contributed by atoms with van der Waals surface area (Å²) in [5.74, 6) is 1.32. The van der Waals surface area contributed by atoms with Crippen LogP contribution in [-0.4, -0.2) is 9.78 Å². The van der Waals surface area contributed by atoms with Crippen LogP contribution in [-0.2, 0) is 6.54 Å². The highest BCUT2D eigenvalue weighted by Crippen LogP contribution is 2.38. The van der Waals surface area contributed by atoms with Crippen molar-refractivity contribution in [3.05, 3.63) is 56.6 Å². The van der Waals surface area contributed by atoms with E-state index in [2.05, 4.69) is 24.3 Å². The van der Waals surface area contributed by atoms with Gasteiger partial charge >= 0.3 is 0 Å². The molecule has 0 spiro atoms. The molecule has 24 heavy (non-hydrogen) atoms. The van der Waals surface area contributed by atoms with Crippen LogP contribution in [0.1, 0.15) is 44.4 Å². The molecular formula is C19H22ClN3O. The molecule has 5 heteroatoms. The summed E-state index contributed by atoms with van der Waals surface area (Å²) in [5, 5.41) is 7.53. The minimum atomic E-state index is 0.0244. The maximum absolute atomic E-state index is 12.8. The van der Waals surface area contributed by atoms with Gasteiger partial charge in [-0.05, 0) is 60.9 Å². The Bertz CT molecular complexity index is 860. The molecule has 0 radical (unpaired) electrons. The van der Waals surface area contributed by atoms with Gasteiger partial charge < -0.3 is 5.32 Å². The van der Waals surface area contributed by atoms with Gasteiger partial charge in [0.2, 0.25) is 0 Å². The quantitative estimate of drug-likeness (QED) is 0.819. The monoisotopic (exact) mass is 343 g/mol. The van der Waals surface area contributed by atoms with Gasteiger partial charge in [-0.15, -0.1) is 0 Å². The van der Waals surface area contributed by atoms with Gasteiger partial charge in [-0.25, -0.2) is 4.68 Å². The number of fused-ring (bicyclic) bond motifs is 2. The van der Waals surface area contributed by atoms with Crippen molar-refractivity contribution in [3.63, 3.8) is 0 Å². The van der Waals surface area contributed by atoms with E-state index in [1.165, 1.54) is 17.7 Å². The van der Waals surface area contributed by atoms with E-state index in [1.54, 1.807) is 4.68 Å². The van der Waals surface area contributed by atoms with Crippen molar-refractivity contribution in [2.75, 3.05) is 0 Å². The summed E-state index contributed by atoms with van der Waals surface area (Å²) in [6.45, 7) is 5.24. The van der Waals surface area contributed by atoms with Crippen molar-refractivity contribution in [1.82, 2.24) is 15.1 Å². The van der Waals surface area contributed by atoms with Gasteiger partial charge in [0.15, 0.2) is 0 Å². The van der Waals surface area contributed by atoms with Crippen LogP contribution in [0, 0.1) is 11.8 Å². The van der Waals surface area contributed by atoms with Gasteiger partial charge in [0.25, 0.3) is 5.56 Å². The summed E-state index contributed by atoms with van der Waals surface area (Å²) >= 11 is 5.96. The summed E-state index contributed by atoms with van der Waals surface area (Å²) in [7, 11) is 0. The summed E-state index contributed by atoms with van der Waals surface area (Å²) in [6.07, 6.45) is 3.27. The van der Waals surface area contributed by atoms with Gasteiger partial charge in [0.1, 0.15) is 0 Å². The molecule has 2 atom stereocenters. The summed E-state index contributed by atoms with van der Waals surface area (Å²) in [5.41, 5.74) is 5.29. The molecule has 1 aromatic carbocycles. The average Bonchev–Trinajstić information content (AvgIpc) is 2.83. The van der Waals surface area contributed by atoms with Crippen LogP contribution < -0.4 is 10.9 Å². The smallest absolute Gasteiger partial charge is 0.276 e. The van der Waals surface area contributed by atoms with Crippen LogP contribution in [0.15, 0.2) is 34.8 Å². The van der Waals surface area contributed by atoms with Crippen molar-refractivity contribution in [2.45, 2.75) is 39.7 Å².